The van der Waals surface area contributed by atoms with Gasteiger partial charge in [0.15, 0.2) is 0 Å². The minimum atomic E-state index is -0.487. The molecule has 0 saturated heterocycles. The third-order valence-electron chi connectivity index (χ3n) is 1.39. The van der Waals surface area contributed by atoms with E-state index < -0.39 is 5.97 Å². The number of carbonyl (C=O) groups excluding carboxylic acids is 2. The zero-order valence-corrected chi connectivity index (χ0v) is 7.66. The Bertz CT molecular complexity index is 223. The molecule has 4 heteroatoms. The number of ether oxygens (including phenoxy) is 1. The molecule has 0 unspecified atom stereocenters. The number of likely N-dealkylation sites (N-methyl/N-ethyl adjacent to an activating group) is 1. The van der Waals surface area contributed by atoms with Gasteiger partial charge in [-0.3, -0.25) is 4.79 Å². The smallest absolute Gasteiger partial charge is 0.330 e. The summed E-state index contributed by atoms with van der Waals surface area (Å²) < 4.78 is 4.67. The first-order chi connectivity index (χ1) is 6.11. The molecule has 1 amide bonds. The number of amides is 1. The first-order valence-corrected chi connectivity index (χ1v) is 3.78. The molecule has 72 valence electrons. The molecule has 0 atom stereocenters. The van der Waals surface area contributed by atoms with Crippen molar-refractivity contribution in [3.05, 3.63) is 25.3 Å². The summed E-state index contributed by atoms with van der Waals surface area (Å²) in [5.41, 5.74) is 0. The van der Waals surface area contributed by atoms with E-state index in [1.54, 1.807) is 7.05 Å². The van der Waals surface area contributed by atoms with E-state index >= 15 is 0 Å². The van der Waals surface area contributed by atoms with Crippen molar-refractivity contribution in [3.8, 4) is 0 Å². The van der Waals surface area contributed by atoms with Gasteiger partial charge in [-0.1, -0.05) is 13.2 Å². The molecule has 0 saturated carbocycles. The Balaban J connectivity index is 3.64. The molecule has 0 heterocycles. The number of rotatable bonds is 5. The summed E-state index contributed by atoms with van der Waals surface area (Å²) in [7, 11) is 1.60. The van der Waals surface area contributed by atoms with E-state index in [2.05, 4.69) is 17.9 Å². The molecule has 0 aromatic carbocycles. The van der Waals surface area contributed by atoms with Gasteiger partial charge in [-0.25, -0.2) is 4.79 Å². The van der Waals surface area contributed by atoms with Gasteiger partial charge in [-0.2, -0.15) is 0 Å². The van der Waals surface area contributed by atoms with Crippen LogP contribution in [0.2, 0.25) is 0 Å². The second kappa shape index (κ2) is 5.99. The van der Waals surface area contributed by atoms with Crippen LogP contribution in [0.1, 0.15) is 0 Å². The predicted molar refractivity (Wildman–Crippen MR) is 49.0 cm³/mol. The van der Waals surface area contributed by atoms with Crippen molar-refractivity contribution >= 4 is 11.9 Å². The normalized spacial score (nSPS) is 8.69. The highest BCUT2D eigenvalue weighted by molar-refractivity contribution is 5.86. The van der Waals surface area contributed by atoms with Crippen LogP contribution in [0.25, 0.3) is 0 Å². The van der Waals surface area contributed by atoms with Gasteiger partial charge in [-0.05, 0) is 6.08 Å². The molecule has 0 aromatic rings. The summed E-state index contributed by atoms with van der Waals surface area (Å²) in [6.45, 7) is 7.08. The largest absolute Gasteiger partial charge is 0.461 e. The highest BCUT2D eigenvalue weighted by Crippen LogP contribution is 1.87. The van der Waals surface area contributed by atoms with Crippen LogP contribution < -0.4 is 0 Å². The minimum absolute atomic E-state index is 0.168. The van der Waals surface area contributed by atoms with E-state index in [9.17, 15) is 9.59 Å². The standard InChI is InChI=1S/C9H13NO3/c1-4-8(11)10(3)6-7-13-9(12)5-2/h4-5H,1-2,6-7H2,3H3. The van der Waals surface area contributed by atoms with E-state index in [4.69, 9.17) is 0 Å². The summed E-state index contributed by atoms with van der Waals surface area (Å²) in [6, 6.07) is 0. The van der Waals surface area contributed by atoms with Crippen molar-refractivity contribution in [2.24, 2.45) is 0 Å². The average molecular weight is 183 g/mol. The van der Waals surface area contributed by atoms with Crippen molar-refractivity contribution in [1.82, 2.24) is 4.90 Å². The highest BCUT2D eigenvalue weighted by atomic mass is 16.5. The first kappa shape index (κ1) is 11.4. The van der Waals surface area contributed by atoms with Crippen molar-refractivity contribution in [1.29, 1.82) is 0 Å². The SMILES string of the molecule is C=CC(=O)OCCN(C)C(=O)C=C. The van der Waals surface area contributed by atoms with Crippen LogP contribution >= 0.6 is 0 Å². The topological polar surface area (TPSA) is 46.6 Å². The van der Waals surface area contributed by atoms with Gasteiger partial charge >= 0.3 is 5.97 Å². The molecule has 0 radical (unpaired) electrons. The summed E-state index contributed by atoms with van der Waals surface area (Å²) in [6.07, 6.45) is 2.28. The maximum absolute atomic E-state index is 10.9. The van der Waals surface area contributed by atoms with Crippen LogP contribution in [0, 0.1) is 0 Å². The number of hydrogen-bond acceptors (Lipinski definition) is 3. The third kappa shape index (κ3) is 4.79. The fourth-order valence-electron chi connectivity index (χ4n) is 0.608. The van der Waals surface area contributed by atoms with Crippen LogP contribution in [0.3, 0.4) is 0 Å². The van der Waals surface area contributed by atoms with E-state index in [0.29, 0.717) is 6.54 Å². The van der Waals surface area contributed by atoms with Gasteiger partial charge in [0.25, 0.3) is 0 Å². The Morgan fingerprint density at radius 1 is 1.38 bits per heavy atom. The molecule has 0 bridgehead atoms. The Kier molecular flexibility index (Phi) is 5.27. The Hall–Kier alpha value is -1.58. The van der Waals surface area contributed by atoms with Crippen molar-refractivity contribution in [3.63, 3.8) is 0 Å². The lowest BCUT2D eigenvalue weighted by molar-refractivity contribution is -0.139. The van der Waals surface area contributed by atoms with Gasteiger partial charge in [0.2, 0.25) is 5.91 Å². The Morgan fingerprint density at radius 3 is 2.46 bits per heavy atom. The van der Waals surface area contributed by atoms with Gasteiger partial charge in [0.05, 0.1) is 6.54 Å². The van der Waals surface area contributed by atoms with E-state index in [-0.39, 0.29) is 12.5 Å². The van der Waals surface area contributed by atoms with Gasteiger partial charge in [0, 0.05) is 13.1 Å². The van der Waals surface area contributed by atoms with Crippen LogP contribution in [0.5, 0.6) is 0 Å². The predicted octanol–water partition coefficient (Wildman–Crippen LogP) is 0.360. The maximum atomic E-state index is 10.9. The highest BCUT2D eigenvalue weighted by Gasteiger charge is 2.03. The second-order valence-electron chi connectivity index (χ2n) is 2.34. The number of esters is 1. The molecule has 0 aliphatic heterocycles. The lowest BCUT2D eigenvalue weighted by Gasteiger charge is -2.13. The molecule has 0 aliphatic carbocycles. The minimum Gasteiger partial charge on any atom is -0.461 e. The quantitative estimate of drug-likeness (QED) is 0.456. The summed E-state index contributed by atoms with van der Waals surface area (Å²) in [5, 5.41) is 0. The lowest BCUT2D eigenvalue weighted by atomic mass is 10.5. The molecular formula is C9H13NO3. The Labute approximate surface area is 77.5 Å². The molecule has 0 spiro atoms. The van der Waals surface area contributed by atoms with Gasteiger partial charge in [0.1, 0.15) is 6.61 Å². The molecule has 0 fully saturated rings. The molecule has 0 N–H and O–H groups in total. The van der Waals surface area contributed by atoms with Crippen LogP contribution in [-0.2, 0) is 14.3 Å². The zero-order chi connectivity index (χ0) is 10.3. The number of carbonyl (C=O) groups is 2. The second-order valence-corrected chi connectivity index (χ2v) is 2.34. The zero-order valence-electron chi connectivity index (χ0n) is 7.66. The maximum Gasteiger partial charge on any atom is 0.330 e. The van der Waals surface area contributed by atoms with Crippen LogP contribution in [0.4, 0.5) is 0 Å². The van der Waals surface area contributed by atoms with Crippen LogP contribution in [-0.4, -0.2) is 37.0 Å². The van der Waals surface area contributed by atoms with Crippen LogP contribution in [0.15, 0.2) is 25.3 Å². The monoisotopic (exact) mass is 183 g/mol. The molecule has 13 heavy (non-hydrogen) atoms. The van der Waals surface area contributed by atoms with E-state index in [1.807, 2.05) is 0 Å². The van der Waals surface area contributed by atoms with Crippen molar-refractivity contribution in [2.75, 3.05) is 20.2 Å². The molecular weight excluding hydrogens is 170 g/mol. The Morgan fingerprint density at radius 2 is 2.00 bits per heavy atom. The number of hydrogen-bond donors (Lipinski definition) is 0. The summed E-state index contributed by atoms with van der Waals surface area (Å²) in [5.74, 6) is -0.686. The van der Waals surface area contributed by atoms with Gasteiger partial charge < -0.3 is 9.64 Å². The summed E-state index contributed by atoms with van der Waals surface area (Å²) >= 11 is 0. The lowest BCUT2D eigenvalue weighted by Crippen LogP contribution is -2.28. The fraction of sp³-hybridized carbons (Fsp3) is 0.333. The van der Waals surface area contributed by atoms with E-state index in [0.717, 1.165) is 6.08 Å². The number of nitrogens with zero attached hydrogens (tertiary/aromatic N) is 1. The van der Waals surface area contributed by atoms with Crippen molar-refractivity contribution in [2.45, 2.75) is 0 Å². The average Bonchev–Trinajstić information content (AvgIpc) is 2.15. The molecule has 4 nitrogen and oxygen atoms in total. The molecule has 0 aromatic heterocycles. The van der Waals surface area contributed by atoms with Crippen molar-refractivity contribution < 1.29 is 14.3 Å². The third-order valence-corrected chi connectivity index (χ3v) is 1.39. The van der Waals surface area contributed by atoms with E-state index in [1.165, 1.54) is 11.0 Å². The van der Waals surface area contributed by atoms with Gasteiger partial charge in [-0.15, -0.1) is 0 Å². The fourth-order valence-corrected chi connectivity index (χ4v) is 0.608. The molecule has 0 aliphatic rings. The summed E-state index contributed by atoms with van der Waals surface area (Å²) in [4.78, 5) is 22.9. The first-order valence-electron chi connectivity index (χ1n) is 3.78. The molecule has 0 rings (SSSR count).